The Morgan fingerprint density at radius 3 is 2.48 bits per heavy atom. The molecule has 1 aromatic rings. The van der Waals surface area contributed by atoms with Crippen molar-refractivity contribution >= 4 is 11.9 Å². The van der Waals surface area contributed by atoms with Crippen molar-refractivity contribution in [3.8, 4) is 5.75 Å². The van der Waals surface area contributed by atoms with Crippen molar-refractivity contribution in [3.05, 3.63) is 29.8 Å². The highest BCUT2D eigenvalue weighted by Gasteiger charge is 2.32. The molecule has 0 aliphatic carbocycles. The van der Waals surface area contributed by atoms with Crippen molar-refractivity contribution in [3.63, 3.8) is 0 Å². The molecule has 0 spiro atoms. The molecule has 1 amide bonds. The van der Waals surface area contributed by atoms with Crippen LogP contribution in [0.15, 0.2) is 24.3 Å². The summed E-state index contributed by atoms with van der Waals surface area (Å²) in [4.78, 5) is 24.8. The summed E-state index contributed by atoms with van der Waals surface area (Å²) in [7, 11) is 0. The predicted octanol–water partition coefficient (Wildman–Crippen LogP) is 2.37. The molecular weight excluding hydrogens is 284 g/mol. The van der Waals surface area contributed by atoms with Crippen LogP contribution < -0.4 is 4.74 Å². The van der Waals surface area contributed by atoms with Crippen LogP contribution in [-0.2, 0) is 4.79 Å². The number of ether oxygens (including phenoxy) is 1. The van der Waals surface area contributed by atoms with Gasteiger partial charge in [0.1, 0.15) is 11.8 Å². The van der Waals surface area contributed by atoms with E-state index in [2.05, 4.69) is 4.74 Å². The highest BCUT2D eigenvalue weighted by atomic mass is 19.3. The standard InChI is InChI=1S/C14H15F2NO4/c15-14(16)21-10-6-4-9(5-7-10)12(18)17-8-2-1-3-11(17)13(19)20/h4-7,11,14H,1-3,8H2,(H,19,20)/t11-/m0/s1. The maximum Gasteiger partial charge on any atom is 0.387 e. The zero-order chi connectivity index (χ0) is 15.4. The number of alkyl halides is 2. The third-order valence-electron chi connectivity index (χ3n) is 3.38. The summed E-state index contributed by atoms with van der Waals surface area (Å²) in [5, 5.41) is 9.15. The average molecular weight is 299 g/mol. The number of likely N-dealkylation sites (tertiary alicyclic amines) is 1. The van der Waals surface area contributed by atoms with E-state index in [0.29, 0.717) is 13.0 Å². The van der Waals surface area contributed by atoms with Gasteiger partial charge >= 0.3 is 12.6 Å². The summed E-state index contributed by atoms with van der Waals surface area (Å²) in [5.74, 6) is -1.48. The van der Waals surface area contributed by atoms with Crippen LogP contribution in [0.4, 0.5) is 8.78 Å². The fourth-order valence-electron chi connectivity index (χ4n) is 2.38. The fraction of sp³-hybridized carbons (Fsp3) is 0.429. The number of carbonyl (C=O) groups excluding carboxylic acids is 1. The number of piperidine rings is 1. The summed E-state index contributed by atoms with van der Waals surface area (Å²) in [6.07, 6.45) is 1.94. The zero-order valence-corrected chi connectivity index (χ0v) is 11.2. The molecule has 21 heavy (non-hydrogen) atoms. The lowest BCUT2D eigenvalue weighted by Gasteiger charge is -2.33. The number of rotatable bonds is 4. The maximum atomic E-state index is 12.3. The van der Waals surface area contributed by atoms with E-state index in [4.69, 9.17) is 5.11 Å². The van der Waals surface area contributed by atoms with Gasteiger partial charge < -0.3 is 14.7 Å². The second-order valence-corrected chi connectivity index (χ2v) is 4.75. The van der Waals surface area contributed by atoms with Crippen LogP contribution in [0.1, 0.15) is 29.6 Å². The third kappa shape index (κ3) is 3.68. The van der Waals surface area contributed by atoms with Gasteiger partial charge in [-0.2, -0.15) is 8.78 Å². The van der Waals surface area contributed by atoms with Gasteiger partial charge in [-0.15, -0.1) is 0 Å². The van der Waals surface area contributed by atoms with Crippen molar-refractivity contribution in [2.75, 3.05) is 6.54 Å². The lowest BCUT2D eigenvalue weighted by atomic mass is 10.0. The summed E-state index contributed by atoms with van der Waals surface area (Å²) >= 11 is 0. The molecule has 1 N–H and O–H groups in total. The van der Waals surface area contributed by atoms with Crippen molar-refractivity contribution in [1.82, 2.24) is 4.90 Å². The van der Waals surface area contributed by atoms with E-state index >= 15 is 0 Å². The monoisotopic (exact) mass is 299 g/mol. The summed E-state index contributed by atoms with van der Waals surface area (Å²) in [6.45, 7) is -2.55. The number of carboxylic acids is 1. The Bertz CT molecular complexity index is 518. The molecule has 0 aromatic heterocycles. The number of carboxylic acid groups (broad SMARTS) is 1. The number of hydrogen-bond acceptors (Lipinski definition) is 3. The molecule has 7 heteroatoms. The Kier molecular flexibility index (Phi) is 4.72. The number of carbonyl (C=O) groups is 2. The number of hydrogen-bond donors (Lipinski definition) is 1. The van der Waals surface area contributed by atoms with Crippen molar-refractivity contribution in [2.24, 2.45) is 0 Å². The molecule has 1 atom stereocenters. The summed E-state index contributed by atoms with van der Waals surface area (Å²) in [5.41, 5.74) is 0.254. The number of aliphatic carboxylic acids is 1. The number of halogens is 2. The first kappa shape index (κ1) is 15.2. The van der Waals surface area contributed by atoms with E-state index in [1.807, 2.05) is 0 Å². The molecule has 2 rings (SSSR count). The highest BCUT2D eigenvalue weighted by Crippen LogP contribution is 2.21. The molecule has 5 nitrogen and oxygen atoms in total. The molecule has 1 aliphatic rings. The van der Waals surface area contributed by atoms with Gasteiger partial charge in [0.05, 0.1) is 0 Å². The summed E-state index contributed by atoms with van der Waals surface area (Å²) in [6, 6.07) is 4.41. The highest BCUT2D eigenvalue weighted by molar-refractivity contribution is 5.96. The maximum absolute atomic E-state index is 12.3. The smallest absolute Gasteiger partial charge is 0.387 e. The van der Waals surface area contributed by atoms with Crippen molar-refractivity contribution in [2.45, 2.75) is 31.9 Å². The minimum atomic E-state index is -2.93. The Balaban J connectivity index is 2.12. The SMILES string of the molecule is O=C(O)[C@@H]1CCCCN1C(=O)c1ccc(OC(F)F)cc1. The van der Waals surface area contributed by atoms with Gasteiger partial charge in [-0.3, -0.25) is 4.79 Å². The molecule has 0 saturated carbocycles. The Hall–Kier alpha value is -2.18. The van der Waals surface area contributed by atoms with E-state index in [-0.39, 0.29) is 11.3 Å². The largest absolute Gasteiger partial charge is 0.480 e. The molecule has 0 bridgehead atoms. The van der Waals surface area contributed by atoms with Gasteiger partial charge in [-0.25, -0.2) is 4.79 Å². The molecule has 1 fully saturated rings. The number of nitrogens with zero attached hydrogens (tertiary/aromatic N) is 1. The average Bonchev–Trinajstić information content (AvgIpc) is 2.46. The van der Waals surface area contributed by atoms with Gasteiger partial charge in [-0.05, 0) is 43.5 Å². The minimum absolute atomic E-state index is 0.0463. The van der Waals surface area contributed by atoms with Gasteiger partial charge in [0, 0.05) is 12.1 Å². The quantitative estimate of drug-likeness (QED) is 0.927. The molecule has 1 aliphatic heterocycles. The molecule has 114 valence electrons. The lowest BCUT2D eigenvalue weighted by molar-refractivity contribution is -0.143. The van der Waals surface area contributed by atoms with E-state index in [9.17, 15) is 18.4 Å². The van der Waals surface area contributed by atoms with Gasteiger partial charge in [0.15, 0.2) is 0 Å². The molecule has 1 saturated heterocycles. The Labute approximate surface area is 120 Å². The second-order valence-electron chi connectivity index (χ2n) is 4.75. The Morgan fingerprint density at radius 1 is 1.24 bits per heavy atom. The molecule has 1 aromatic carbocycles. The van der Waals surface area contributed by atoms with Gasteiger partial charge in [-0.1, -0.05) is 0 Å². The predicted molar refractivity (Wildman–Crippen MR) is 69.4 cm³/mol. The molecule has 1 heterocycles. The van der Waals surface area contributed by atoms with Gasteiger partial charge in [0.2, 0.25) is 0 Å². The minimum Gasteiger partial charge on any atom is -0.480 e. The fourth-order valence-corrected chi connectivity index (χ4v) is 2.38. The lowest BCUT2D eigenvalue weighted by Crippen LogP contribution is -2.47. The molecule has 0 unspecified atom stereocenters. The number of amides is 1. The number of benzene rings is 1. The van der Waals surface area contributed by atoms with Crippen LogP contribution in [0.5, 0.6) is 5.75 Å². The normalized spacial score (nSPS) is 18.6. The van der Waals surface area contributed by atoms with Crippen LogP contribution in [0.2, 0.25) is 0 Å². The first-order valence-corrected chi connectivity index (χ1v) is 6.57. The van der Waals surface area contributed by atoms with Crippen LogP contribution in [0.25, 0.3) is 0 Å². The zero-order valence-electron chi connectivity index (χ0n) is 11.2. The Morgan fingerprint density at radius 2 is 1.90 bits per heavy atom. The van der Waals surface area contributed by atoms with Crippen LogP contribution in [0, 0.1) is 0 Å². The van der Waals surface area contributed by atoms with Crippen LogP contribution in [0.3, 0.4) is 0 Å². The topological polar surface area (TPSA) is 66.8 Å². The van der Waals surface area contributed by atoms with Gasteiger partial charge in [0.25, 0.3) is 5.91 Å². The van der Waals surface area contributed by atoms with Crippen LogP contribution in [-0.4, -0.2) is 41.1 Å². The first-order chi connectivity index (χ1) is 9.99. The molecule has 0 radical (unpaired) electrons. The van der Waals surface area contributed by atoms with E-state index in [1.54, 1.807) is 0 Å². The van der Waals surface area contributed by atoms with E-state index in [1.165, 1.54) is 29.2 Å². The van der Waals surface area contributed by atoms with Crippen molar-refractivity contribution in [1.29, 1.82) is 0 Å². The van der Waals surface area contributed by atoms with E-state index in [0.717, 1.165) is 12.8 Å². The summed E-state index contributed by atoms with van der Waals surface area (Å²) < 4.78 is 28.3. The van der Waals surface area contributed by atoms with E-state index < -0.39 is 24.5 Å². The third-order valence-corrected chi connectivity index (χ3v) is 3.38. The van der Waals surface area contributed by atoms with Crippen molar-refractivity contribution < 1.29 is 28.2 Å². The molecular formula is C14H15F2NO4. The second kappa shape index (κ2) is 6.51. The van der Waals surface area contributed by atoms with Crippen LogP contribution >= 0.6 is 0 Å². The first-order valence-electron chi connectivity index (χ1n) is 6.57.